The molecule has 3 rings (SSSR count). The van der Waals surface area contributed by atoms with E-state index in [1.165, 1.54) is 29.2 Å². The first-order valence-corrected chi connectivity index (χ1v) is 8.91. The molecular formula is C18H22ClF4N3O2. The van der Waals surface area contributed by atoms with E-state index in [0.29, 0.717) is 24.9 Å². The molecule has 0 aliphatic carbocycles. The summed E-state index contributed by atoms with van der Waals surface area (Å²) in [5.74, 6) is -3.07. The van der Waals surface area contributed by atoms with Crippen molar-refractivity contribution in [1.82, 2.24) is 15.5 Å². The van der Waals surface area contributed by atoms with Gasteiger partial charge in [-0.2, -0.15) is 13.2 Å². The number of carbonyl (C=O) groups is 2. The van der Waals surface area contributed by atoms with Crippen LogP contribution < -0.4 is 10.6 Å². The van der Waals surface area contributed by atoms with Crippen LogP contribution in [0.25, 0.3) is 0 Å². The lowest BCUT2D eigenvalue weighted by atomic mass is 9.85. The summed E-state index contributed by atoms with van der Waals surface area (Å²) in [7, 11) is 0. The van der Waals surface area contributed by atoms with Gasteiger partial charge in [0.15, 0.2) is 0 Å². The third kappa shape index (κ3) is 5.14. The Hall–Kier alpha value is -1.87. The highest BCUT2D eigenvalue weighted by Crippen LogP contribution is 2.30. The molecule has 2 aliphatic rings. The van der Waals surface area contributed by atoms with Crippen molar-refractivity contribution in [3.63, 3.8) is 0 Å². The number of halogens is 5. The Bertz CT molecular complexity index is 693. The minimum Gasteiger partial charge on any atom is -0.343 e. The molecule has 0 saturated carbocycles. The molecule has 2 aliphatic heterocycles. The fraction of sp³-hybridized carbons (Fsp3) is 0.556. The zero-order chi connectivity index (χ0) is 19.6. The summed E-state index contributed by atoms with van der Waals surface area (Å²) >= 11 is 0. The van der Waals surface area contributed by atoms with Crippen LogP contribution in [0, 0.1) is 5.82 Å². The van der Waals surface area contributed by atoms with Gasteiger partial charge in [0.1, 0.15) is 5.82 Å². The molecule has 3 unspecified atom stereocenters. The molecule has 156 valence electrons. The van der Waals surface area contributed by atoms with Gasteiger partial charge in [0, 0.05) is 19.0 Å². The van der Waals surface area contributed by atoms with Crippen LogP contribution in [0.3, 0.4) is 0 Å². The molecule has 2 saturated heterocycles. The molecular weight excluding hydrogens is 402 g/mol. The van der Waals surface area contributed by atoms with Crippen molar-refractivity contribution in [2.45, 2.75) is 43.4 Å². The van der Waals surface area contributed by atoms with Crippen molar-refractivity contribution < 1.29 is 27.2 Å². The molecule has 0 radical (unpaired) electrons. The van der Waals surface area contributed by atoms with E-state index in [-0.39, 0.29) is 30.9 Å². The van der Waals surface area contributed by atoms with E-state index >= 15 is 0 Å². The third-order valence-electron chi connectivity index (χ3n) is 5.16. The number of carbonyl (C=O) groups excluding carboxylic acids is 2. The smallest absolute Gasteiger partial charge is 0.343 e. The second kappa shape index (κ2) is 9.09. The van der Waals surface area contributed by atoms with Crippen molar-refractivity contribution in [2.75, 3.05) is 19.6 Å². The van der Waals surface area contributed by atoms with E-state index in [1.807, 2.05) is 5.32 Å². The molecule has 0 spiro atoms. The lowest BCUT2D eigenvalue weighted by molar-refractivity contribution is -0.175. The third-order valence-corrected chi connectivity index (χ3v) is 5.16. The standard InChI is InChI=1S/C18H21F4N3O2.ClH/c19-12-5-3-11(4-6-12)13-7-9-25(16(26)14-2-1-8-23-14)10-15(13)24-17(27)18(20,21)22;/h3-6,13-15,23H,1-2,7-10H2,(H,24,27);1H. The van der Waals surface area contributed by atoms with Gasteiger partial charge < -0.3 is 15.5 Å². The number of piperidine rings is 1. The Morgan fingerprint density at radius 3 is 2.39 bits per heavy atom. The van der Waals surface area contributed by atoms with Gasteiger partial charge in [0.2, 0.25) is 5.91 Å². The van der Waals surface area contributed by atoms with Gasteiger partial charge in [-0.25, -0.2) is 4.39 Å². The number of alkyl halides is 3. The molecule has 28 heavy (non-hydrogen) atoms. The minimum atomic E-state index is -5.01. The van der Waals surface area contributed by atoms with Gasteiger partial charge in [0.25, 0.3) is 0 Å². The number of hydrogen-bond acceptors (Lipinski definition) is 3. The Labute approximate surface area is 166 Å². The van der Waals surface area contributed by atoms with Crippen LogP contribution in [0.15, 0.2) is 24.3 Å². The first-order chi connectivity index (χ1) is 12.8. The van der Waals surface area contributed by atoms with Crippen LogP contribution in [-0.2, 0) is 9.59 Å². The number of rotatable bonds is 3. The van der Waals surface area contributed by atoms with Gasteiger partial charge in [-0.3, -0.25) is 9.59 Å². The van der Waals surface area contributed by atoms with E-state index in [4.69, 9.17) is 0 Å². The van der Waals surface area contributed by atoms with Crippen molar-refractivity contribution in [2.24, 2.45) is 0 Å². The van der Waals surface area contributed by atoms with Crippen LogP contribution in [0.4, 0.5) is 17.6 Å². The van der Waals surface area contributed by atoms with Crippen LogP contribution in [0.1, 0.15) is 30.7 Å². The van der Waals surface area contributed by atoms with Gasteiger partial charge >= 0.3 is 12.1 Å². The summed E-state index contributed by atoms with van der Waals surface area (Å²) in [4.78, 5) is 25.6. The first-order valence-electron chi connectivity index (χ1n) is 8.91. The number of nitrogens with zero attached hydrogens (tertiary/aromatic N) is 1. The predicted molar refractivity (Wildman–Crippen MR) is 96.6 cm³/mol. The van der Waals surface area contributed by atoms with Crippen molar-refractivity contribution >= 4 is 24.2 Å². The highest BCUT2D eigenvalue weighted by atomic mass is 35.5. The normalized spacial score (nSPS) is 25.1. The number of nitrogens with one attached hydrogen (secondary N) is 2. The van der Waals surface area contributed by atoms with E-state index in [1.54, 1.807) is 0 Å². The maximum Gasteiger partial charge on any atom is 0.471 e. The largest absolute Gasteiger partial charge is 0.471 e. The summed E-state index contributed by atoms with van der Waals surface area (Å²) in [5, 5.41) is 5.11. The van der Waals surface area contributed by atoms with E-state index in [0.717, 1.165) is 13.0 Å². The Morgan fingerprint density at radius 2 is 1.82 bits per heavy atom. The minimum absolute atomic E-state index is 0. The lowest BCUT2D eigenvalue weighted by Crippen LogP contribution is -2.57. The molecule has 2 N–H and O–H groups in total. The Morgan fingerprint density at radius 1 is 1.14 bits per heavy atom. The maximum atomic E-state index is 13.2. The van der Waals surface area contributed by atoms with Crippen LogP contribution in [-0.4, -0.2) is 54.6 Å². The molecule has 1 aromatic rings. The molecule has 5 nitrogen and oxygen atoms in total. The van der Waals surface area contributed by atoms with E-state index in [2.05, 4.69) is 5.32 Å². The van der Waals surface area contributed by atoms with E-state index in [9.17, 15) is 27.2 Å². The van der Waals surface area contributed by atoms with Crippen molar-refractivity contribution in [1.29, 1.82) is 0 Å². The molecule has 3 atom stereocenters. The maximum absolute atomic E-state index is 13.2. The summed E-state index contributed by atoms with van der Waals surface area (Å²) in [6.07, 6.45) is -3.06. The quantitative estimate of drug-likeness (QED) is 0.734. The molecule has 0 aromatic heterocycles. The van der Waals surface area contributed by atoms with Gasteiger partial charge in [-0.15, -0.1) is 12.4 Å². The summed E-state index contributed by atoms with van der Waals surface area (Å²) < 4.78 is 51.4. The number of likely N-dealkylation sites (tertiary alicyclic amines) is 1. The van der Waals surface area contributed by atoms with Gasteiger partial charge in [-0.05, 0) is 43.5 Å². The number of amides is 2. The molecule has 2 heterocycles. The highest BCUT2D eigenvalue weighted by molar-refractivity contribution is 5.85. The van der Waals surface area contributed by atoms with Crippen molar-refractivity contribution in [3.8, 4) is 0 Å². The predicted octanol–water partition coefficient (Wildman–Crippen LogP) is 2.36. The highest BCUT2D eigenvalue weighted by Gasteiger charge is 2.43. The number of hydrogen-bond donors (Lipinski definition) is 2. The van der Waals surface area contributed by atoms with Crippen LogP contribution in [0.5, 0.6) is 0 Å². The van der Waals surface area contributed by atoms with E-state index < -0.39 is 29.9 Å². The molecule has 10 heteroatoms. The van der Waals surface area contributed by atoms with Crippen LogP contribution in [0.2, 0.25) is 0 Å². The molecule has 2 amide bonds. The van der Waals surface area contributed by atoms with Gasteiger partial charge in [-0.1, -0.05) is 12.1 Å². The summed E-state index contributed by atoms with van der Waals surface area (Å²) in [6, 6.07) is 4.25. The average Bonchev–Trinajstić information content (AvgIpc) is 3.16. The zero-order valence-corrected chi connectivity index (χ0v) is 15.8. The summed E-state index contributed by atoms with van der Waals surface area (Å²) in [5.41, 5.74) is 0.634. The summed E-state index contributed by atoms with van der Waals surface area (Å²) in [6.45, 7) is 1.09. The fourth-order valence-corrected chi connectivity index (χ4v) is 3.77. The Kier molecular flexibility index (Phi) is 7.28. The molecule has 2 fully saturated rings. The van der Waals surface area contributed by atoms with Crippen LogP contribution >= 0.6 is 12.4 Å². The van der Waals surface area contributed by atoms with Crippen molar-refractivity contribution in [3.05, 3.63) is 35.6 Å². The SMILES string of the molecule is Cl.O=C(C1CCCN1)N1CCC(c2ccc(F)cc2)C(NC(=O)C(F)(F)F)C1. The van der Waals surface area contributed by atoms with Gasteiger partial charge in [0.05, 0.1) is 12.1 Å². The lowest BCUT2D eigenvalue weighted by Gasteiger charge is -2.40. The Balaban J connectivity index is 0.00000280. The molecule has 1 aromatic carbocycles. The average molecular weight is 424 g/mol. The zero-order valence-electron chi connectivity index (χ0n) is 15.0. The topological polar surface area (TPSA) is 61.4 Å². The second-order valence-corrected chi connectivity index (χ2v) is 6.96. The fourth-order valence-electron chi connectivity index (χ4n) is 3.77. The second-order valence-electron chi connectivity index (χ2n) is 6.96. The molecule has 0 bridgehead atoms. The monoisotopic (exact) mass is 423 g/mol. The number of benzene rings is 1. The first kappa shape index (κ1) is 22.4.